The van der Waals surface area contributed by atoms with Crippen LogP contribution in [0.25, 0.3) is 0 Å². The fourth-order valence-electron chi connectivity index (χ4n) is 5.21. The zero-order chi connectivity index (χ0) is 16.1. The number of amides is 1. The standard InChI is InChI=1S/C20H36N2O/c1-21(20(23)14-13-17-9-3-2-4-10-17)18-11-5-6-12-19(18)22-15-7-8-16-22/h17-19H,2-16H2,1H3/t18-,19-/m1/s1. The Morgan fingerprint density at radius 1 is 0.913 bits per heavy atom. The lowest BCUT2D eigenvalue weighted by Crippen LogP contribution is -2.53. The lowest BCUT2D eigenvalue weighted by atomic mass is 9.85. The Bertz CT molecular complexity index is 372. The first-order valence-electron chi connectivity index (χ1n) is 10.3. The number of likely N-dealkylation sites (N-methyl/N-ethyl adjacent to an activating group) is 1. The van der Waals surface area contributed by atoms with Gasteiger partial charge in [-0.2, -0.15) is 0 Å². The third kappa shape index (κ3) is 4.49. The molecule has 2 saturated carbocycles. The molecule has 3 nitrogen and oxygen atoms in total. The van der Waals surface area contributed by atoms with Crippen molar-refractivity contribution in [2.24, 2.45) is 5.92 Å². The molecule has 3 fully saturated rings. The van der Waals surface area contributed by atoms with Crippen LogP contribution in [0, 0.1) is 5.92 Å². The summed E-state index contributed by atoms with van der Waals surface area (Å²) in [5.41, 5.74) is 0. The van der Waals surface area contributed by atoms with Crippen LogP contribution >= 0.6 is 0 Å². The molecule has 1 aliphatic heterocycles. The third-order valence-corrected chi connectivity index (χ3v) is 6.69. The van der Waals surface area contributed by atoms with Gasteiger partial charge in [0.05, 0.1) is 0 Å². The lowest BCUT2D eigenvalue weighted by molar-refractivity contribution is -0.134. The topological polar surface area (TPSA) is 23.6 Å². The molecule has 23 heavy (non-hydrogen) atoms. The molecule has 0 unspecified atom stereocenters. The second kappa shape index (κ2) is 8.50. The van der Waals surface area contributed by atoms with E-state index in [1.807, 2.05) is 0 Å². The quantitative estimate of drug-likeness (QED) is 0.757. The molecule has 0 bridgehead atoms. The lowest BCUT2D eigenvalue weighted by Gasteiger charge is -2.42. The summed E-state index contributed by atoms with van der Waals surface area (Å²) in [6.07, 6.45) is 16.7. The Morgan fingerprint density at radius 2 is 1.57 bits per heavy atom. The van der Waals surface area contributed by atoms with Crippen molar-refractivity contribution in [2.75, 3.05) is 20.1 Å². The molecular formula is C20H36N2O. The maximum Gasteiger partial charge on any atom is 0.222 e. The molecule has 0 spiro atoms. The van der Waals surface area contributed by atoms with Gasteiger partial charge in [-0.1, -0.05) is 44.9 Å². The van der Waals surface area contributed by atoms with Crippen molar-refractivity contribution in [1.29, 1.82) is 0 Å². The minimum Gasteiger partial charge on any atom is -0.341 e. The minimum absolute atomic E-state index is 0.409. The van der Waals surface area contributed by atoms with E-state index in [1.54, 1.807) is 0 Å². The Morgan fingerprint density at radius 3 is 2.30 bits per heavy atom. The summed E-state index contributed by atoms with van der Waals surface area (Å²) >= 11 is 0. The Labute approximate surface area is 142 Å². The van der Waals surface area contributed by atoms with E-state index in [2.05, 4.69) is 16.8 Å². The van der Waals surface area contributed by atoms with Gasteiger partial charge in [-0.05, 0) is 51.1 Å². The second-order valence-electron chi connectivity index (χ2n) is 8.21. The van der Waals surface area contributed by atoms with Gasteiger partial charge in [-0.15, -0.1) is 0 Å². The van der Waals surface area contributed by atoms with Crippen molar-refractivity contribution < 1.29 is 4.79 Å². The number of carbonyl (C=O) groups is 1. The molecule has 3 aliphatic rings. The summed E-state index contributed by atoms with van der Waals surface area (Å²) in [5.74, 6) is 1.23. The van der Waals surface area contributed by atoms with Gasteiger partial charge in [0, 0.05) is 25.6 Å². The van der Waals surface area contributed by atoms with E-state index in [0.29, 0.717) is 18.0 Å². The van der Waals surface area contributed by atoms with Crippen LogP contribution in [0.4, 0.5) is 0 Å². The highest BCUT2D eigenvalue weighted by Gasteiger charge is 2.35. The number of carbonyl (C=O) groups excluding carboxylic acids is 1. The molecule has 2 atom stereocenters. The first-order valence-corrected chi connectivity index (χ1v) is 10.3. The van der Waals surface area contributed by atoms with E-state index in [4.69, 9.17) is 0 Å². The second-order valence-corrected chi connectivity index (χ2v) is 8.21. The summed E-state index contributed by atoms with van der Waals surface area (Å²) in [6, 6.07) is 1.11. The number of nitrogens with zero attached hydrogens (tertiary/aromatic N) is 2. The number of rotatable bonds is 5. The largest absolute Gasteiger partial charge is 0.341 e. The van der Waals surface area contributed by atoms with E-state index < -0.39 is 0 Å². The van der Waals surface area contributed by atoms with Crippen molar-refractivity contribution in [2.45, 2.75) is 95.6 Å². The summed E-state index contributed by atoms with van der Waals surface area (Å²) in [6.45, 7) is 2.51. The molecule has 1 amide bonds. The summed E-state index contributed by atoms with van der Waals surface area (Å²) in [5, 5.41) is 0. The van der Waals surface area contributed by atoms with Crippen LogP contribution in [0.15, 0.2) is 0 Å². The first kappa shape index (κ1) is 17.3. The monoisotopic (exact) mass is 320 g/mol. The predicted molar refractivity (Wildman–Crippen MR) is 95.4 cm³/mol. The van der Waals surface area contributed by atoms with E-state index in [0.717, 1.165) is 18.8 Å². The SMILES string of the molecule is CN(C(=O)CCC1CCCCC1)[C@@H]1CCCC[C@H]1N1CCCC1. The van der Waals surface area contributed by atoms with E-state index in [9.17, 15) is 4.79 Å². The Kier molecular flexibility index (Phi) is 6.38. The fraction of sp³-hybridized carbons (Fsp3) is 0.950. The number of likely N-dealkylation sites (tertiary alicyclic amines) is 1. The highest BCUT2D eigenvalue weighted by molar-refractivity contribution is 5.76. The average Bonchev–Trinajstić information content (AvgIpc) is 3.14. The molecule has 1 saturated heterocycles. The number of hydrogen-bond acceptors (Lipinski definition) is 2. The maximum absolute atomic E-state index is 12.8. The van der Waals surface area contributed by atoms with Gasteiger partial charge in [0.2, 0.25) is 5.91 Å². The van der Waals surface area contributed by atoms with Crippen molar-refractivity contribution in [1.82, 2.24) is 9.80 Å². The van der Waals surface area contributed by atoms with Crippen molar-refractivity contribution >= 4 is 5.91 Å². The first-order chi connectivity index (χ1) is 11.3. The molecule has 0 radical (unpaired) electrons. The average molecular weight is 321 g/mol. The highest BCUT2D eigenvalue weighted by atomic mass is 16.2. The molecule has 3 heteroatoms. The molecule has 3 rings (SSSR count). The van der Waals surface area contributed by atoms with Crippen molar-refractivity contribution in [3.05, 3.63) is 0 Å². The van der Waals surface area contributed by atoms with Crippen molar-refractivity contribution in [3.63, 3.8) is 0 Å². The van der Waals surface area contributed by atoms with E-state index in [1.165, 1.54) is 83.7 Å². The van der Waals surface area contributed by atoms with Crippen LogP contribution in [-0.2, 0) is 4.79 Å². The molecule has 2 aliphatic carbocycles. The highest BCUT2D eigenvalue weighted by Crippen LogP contribution is 2.31. The molecule has 0 aromatic rings. The molecular weight excluding hydrogens is 284 g/mol. The van der Waals surface area contributed by atoms with Crippen molar-refractivity contribution in [3.8, 4) is 0 Å². The Balaban J connectivity index is 1.51. The summed E-state index contributed by atoms with van der Waals surface area (Å²) in [4.78, 5) is 17.6. The van der Waals surface area contributed by atoms with E-state index >= 15 is 0 Å². The summed E-state index contributed by atoms with van der Waals surface area (Å²) in [7, 11) is 2.09. The van der Waals surface area contributed by atoms with Gasteiger partial charge in [0.15, 0.2) is 0 Å². The number of hydrogen-bond donors (Lipinski definition) is 0. The molecule has 0 aromatic carbocycles. The van der Waals surface area contributed by atoms with Crippen LogP contribution in [0.5, 0.6) is 0 Å². The normalized spacial score (nSPS) is 30.5. The van der Waals surface area contributed by atoms with E-state index in [-0.39, 0.29) is 0 Å². The molecule has 0 aromatic heterocycles. The molecule has 0 N–H and O–H groups in total. The Hall–Kier alpha value is -0.570. The molecule has 132 valence electrons. The van der Waals surface area contributed by atoms with Gasteiger partial charge in [0.1, 0.15) is 0 Å². The van der Waals surface area contributed by atoms with Crippen LogP contribution in [0.1, 0.15) is 83.5 Å². The van der Waals surface area contributed by atoms with Gasteiger partial charge in [-0.25, -0.2) is 0 Å². The molecule has 1 heterocycles. The zero-order valence-corrected chi connectivity index (χ0v) is 15.1. The van der Waals surface area contributed by atoms with Gasteiger partial charge < -0.3 is 4.90 Å². The minimum atomic E-state index is 0.409. The fourth-order valence-corrected chi connectivity index (χ4v) is 5.21. The maximum atomic E-state index is 12.8. The van der Waals surface area contributed by atoms with Gasteiger partial charge in [-0.3, -0.25) is 9.69 Å². The predicted octanol–water partition coefficient (Wildman–Crippen LogP) is 4.21. The zero-order valence-electron chi connectivity index (χ0n) is 15.1. The van der Waals surface area contributed by atoms with Crippen LogP contribution in [0.3, 0.4) is 0 Å². The third-order valence-electron chi connectivity index (χ3n) is 6.69. The smallest absolute Gasteiger partial charge is 0.222 e. The van der Waals surface area contributed by atoms with Crippen LogP contribution in [-0.4, -0.2) is 47.9 Å². The van der Waals surface area contributed by atoms with Crippen LogP contribution < -0.4 is 0 Å². The summed E-state index contributed by atoms with van der Waals surface area (Å²) < 4.78 is 0. The van der Waals surface area contributed by atoms with Crippen LogP contribution in [0.2, 0.25) is 0 Å². The van der Waals surface area contributed by atoms with Gasteiger partial charge >= 0.3 is 0 Å². The van der Waals surface area contributed by atoms with Gasteiger partial charge in [0.25, 0.3) is 0 Å².